The van der Waals surface area contributed by atoms with Crippen molar-refractivity contribution in [2.45, 2.75) is 38.3 Å². The molecule has 1 aromatic carbocycles. The monoisotopic (exact) mass is 337 g/mol. The third kappa shape index (κ3) is 3.79. The Kier molecular flexibility index (Phi) is 5.20. The van der Waals surface area contributed by atoms with Gasteiger partial charge in [0.25, 0.3) is 0 Å². The van der Waals surface area contributed by atoms with Crippen molar-refractivity contribution in [2.24, 2.45) is 5.92 Å². The Hall–Kier alpha value is -1.86. The number of benzene rings is 1. The minimum Gasteiger partial charge on any atom is -0.396 e. The Balaban J connectivity index is 1.62. The molecule has 1 fully saturated rings. The van der Waals surface area contributed by atoms with Crippen LogP contribution in [0.3, 0.4) is 0 Å². The lowest BCUT2D eigenvalue weighted by Crippen LogP contribution is -2.35. The van der Waals surface area contributed by atoms with Crippen LogP contribution in [0.4, 0.5) is 8.78 Å². The summed E-state index contributed by atoms with van der Waals surface area (Å²) >= 11 is 0. The maximum absolute atomic E-state index is 13.3. The number of rotatable bonds is 5. The SMILES string of the molecule is CN(Cc1nc(-c2ccc(F)c(F)c2)no1)C1CCC(CO)CC1. The summed E-state index contributed by atoms with van der Waals surface area (Å²) in [6.07, 6.45) is 4.11. The van der Waals surface area contributed by atoms with Gasteiger partial charge in [0.2, 0.25) is 11.7 Å². The molecular formula is C17H21F2N3O2. The summed E-state index contributed by atoms with van der Waals surface area (Å²) in [7, 11) is 2.01. The second-order valence-electron chi connectivity index (χ2n) is 6.41. The van der Waals surface area contributed by atoms with Crippen LogP contribution in [0.1, 0.15) is 31.6 Å². The number of aliphatic hydroxyl groups is 1. The molecule has 1 saturated carbocycles. The smallest absolute Gasteiger partial charge is 0.241 e. The summed E-state index contributed by atoms with van der Waals surface area (Å²) in [6.45, 7) is 0.767. The average molecular weight is 337 g/mol. The minimum absolute atomic E-state index is 0.251. The van der Waals surface area contributed by atoms with Crippen molar-refractivity contribution in [3.05, 3.63) is 35.7 Å². The van der Waals surface area contributed by atoms with Gasteiger partial charge in [-0.3, -0.25) is 4.90 Å². The highest BCUT2D eigenvalue weighted by Crippen LogP contribution is 2.27. The van der Waals surface area contributed by atoms with E-state index in [2.05, 4.69) is 15.0 Å². The number of nitrogens with zero attached hydrogens (tertiary/aromatic N) is 3. The quantitative estimate of drug-likeness (QED) is 0.909. The zero-order valence-electron chi connectivity index (χ0n) is 13.6. The zero-order valence-corrected chi connectivity index (χ0v) is 13.6. The third-order valence-electron chi connectivity index (χ3n) is 4.73. The molecule has 0 atom stereocenters. The molecule has 3 rings (SSSR count). The van der Waals surface area contributed by atoms with E-state index in [-0.39, 0.29) is 12.4 Å². The van der Waals surface area contributed by atoms with E-state index < -0.39 is 11.6 Å². The molecule has 1 aliphatic carbocycles. The van der Waals surface area contributed by atoms with Crippen LogP contribution in [0, 0.1) is 17.6 Å². The first-order chi connectivity index (χ1) is 11.6. The average Bonchev–Trinajstić information content (AvgIpc) is 3.06. The van der Waals surface area contributed by atoms with Gasteiger partial charge in [-0.25, -0.2) is 8.78 Å². The molecule has 0 bridgehead atoms. The fourth-order valence-electron chi connectivity index (χ4n) is 3.18. The molecule has 0 unspecified atom stereocenters. The predicted octanol–water partition coefficient (Wildman–Crippen LogP) is 3.00. The molecule has 0 amide bonds. The van der Waals surface area contributed by atoms with Crippen LogP contribution >= 0.6 is 0 Å². The Morgan fingerprint density at radius 1 is 1.21 bits per heavy atom. The first kappa shape index (κ1) is 17.0. The van der Waals surface area contributed by atoms with Gasteiger partial charge in [-0.1, -0.05) is 5.16 Å². The number of aliphatic hydroxyl groups excluding tert-OH is 1. The lowest BCUT2D eigenvalue weighted by molar-refractivity contribution is 0.116. The van der Waals surface area contributed by atoms with E-state index in [0.717, 1.165) is 37.8 Å². The maximum Gasteiger partial charge on any atom is 0.241 e. The molecule has 1 aromatic heterocycles. The van der Waals surface area contributed by atoms with E-state index >= 15 is 0 Å². The van der Waals surface area contributed by atoms with Gasteiger partial charge < -0.3 is 9.63 Å². The summed E-state index contributed by atoms with van der Waals surface area (Å²) in [5.41, 5.74) is 0.384. The zero-order chi connectivity index (χ0) is 17.1. The fourth-order valence-corrected chi connectivity index (χ4v) is 3.18. The largest absolute Gasteiger partial charge is 0.396 e. The van der Waals surface area contributed by atoms with Crippen LogP contribution in [0.15, 0.2) is 22.7 Å². The molecule has 1 N–H and O–H groups in total. The lowest BCUT2D eigenvalue weighted by Gasteiger charge is -2.33. The Labute approximate surface area is 139 Å². The highest BCUT2D eigenvalue weighted by molar-refractivity contribution is 5.54. The van der Waals surface area contributed by atoms with Crippen molar-refractivity contribution in [3.8, 4) is 11.4 Å². The van der Waals surface area contributed by atoms with Gasteiger partial charge >= 0.3 is 0 Å². The van der Waals surface area contributed by atoms with Gasteiger partial charge in [-0.15, -0.1) is 0 Å². The molecular weight excluding hydrogens is 316 g/mol. The van der Waals surface area contributed by atoms with Gasteiger partial charge in [-0.2, -0.15) is 4.98 Å². The second kappa shape index (κ2) is 7.36. The van der Waals surface area contributed by atoms with E-state index in [4.69, 9.17) is 4.52 Å². The van der Waals surface area contributed by atoms with Crippen LogP contribution in [0.25, 0.3) is 11.4 Å². The van der Waals surface area contributed by atoms with Gasteiger partial charge in [0, 0.05) is 18.2 Å². The van der Waals surface area contributed by atoms with Crippen molar-refractivity contribution in [1.82, 2.24) is 15.0 Å². The van der Waals surface area contributed by atoms with Crippen molar-refractivity contribution >= 4 is 0 Å². The highest BCUT2D eigenvalue weighted by atomic mass is 19.2. The van der Waals surface area contributed by atoms with Gasteiger partial charge in [-0.05, 0) is 56.8 Å². The summed E-state index contributed by atoms with van der Waals surface area (Å²) < 4.78 is 31.5. The number of hydrogen-bond acceptors (Lipinski definition) is 5. The lowest BCUT2D eigenvalue weighted by atomic mass is 9.86. The molecule has 0 radical (unpaired) electrons. The summed E-state index contributed by atoms with van der Waals surface area (Å²) in [5.74, 6) is -0.724. The topological polar surface area (TPSA) is 62.4 Å². The van der Waals surface area contributed by atoms with E-state index in [1.54, 1.807) is 0 Å². The molecule has 0 aliphatic heterocycles. The van der Waals surface area contributed by atoms with E-state index in [9.17, 15) is 13.9 Å². The van der Waals surface area contributed by atoms with Crippen molar-refractivity contribution in [2.75, 3.05) is 13.7 Å². The molecule has 7 heteroatoms. The predicted molar refractivity (Wildman–Crippen MR) is 83.9 cm³/mol. The molecule has 5 nitrogen and oxygen atoms in total. The molecule has 1 heterocycles. The van der Waals surface area contributed by atoms with Crippen molar-refractivity contribution in [3.63, 3.8) is 0 Å². The molecule has 24 heavy (non-hydrogen) atoms. The summed E-state index contributed by atoms with van der Waals surface area (Å²) in [5, 5.41) is 13.0. The maximum atomic E-state index is 13.3. The molecule has 1 aliphatic rings. The van der Waals surface area contributed by atoms with Gasteiger partial charge in [0.05, 0.1) is 6.54 Å². The second-order valence-corrected chi connectivity index (χ2v) is 6.41. The molecule has 130 valence electrons. The van der Waals surface area contributed by atoms with Crippen molar-refractivity contribution < 1.29 is 18.4 Å². The number of hydrogen-bond donors (Lipinski definition) is 1. The first-order valence-corrected chi connectivity index (χ1v) is 8.16. The van der Waals surface area contributed by atoms with Gasteiger partial charge in [0.1, 0.15) is 0 Å². The highest BCUT2D eigenvalue weighted by Gasteiger charge is 2.24. The van der Waals surface area contributed by atoms with Crippen LogP contribution < -0.4 is 0 Å². The van der Waals surface area contributed by atoms with Crippen molar-refractivity contribution in [1.29, 1.82) is 0 Å². The summed E-state index contributed by atoms with van der Waals surface area (Å²) in [4.78, 5) is 6.43. The summed E-state index contributed by atoms with van der Waals surface area (Å²) in [6, 6.07) is 3.95. The fraction of sp³-hybridized carbons (Fsp3) is 0.529. The van der Waals surface area contributed by atoms with Gasteiger partial charge in [0.15, 0.2) is 11.6 Å². The molecule has 2 aromatic rings. The molecule has 0 spiro atoms. The Morgan fingerprint density at radius 2 is 1.96 bits per heavy atom. The van der Waals surface area contributed by atoms with Crippen LogP contribution in [-0.4, -0.2) is 39.8 Å². The Bertz CT molecular complexity index is 684. The van der Waals surface area contributed by atoms with Crippen LogP contribution in [-0.2, 0) is 6.54 Å². The standard InChI is InChI=1S/C17H21F2N3O2/c1-22(13-5-2-11(10-23)3-6-13)9-16-20-17(21-24-16)12-4-7-14(18)15(19)8-12/h4,7-8,11,13,23H,2-3,5-6,9-10H2,1H3. The number of halogens is 2. The number of aromatic nitrogens is 2. The normalized spacial score (nSPS) is 21.4. The third-order valence-corrected chi connectivity index (χ3v) is 4.73. The van der Waals surface area contributed by atoms with Crippen LogP contribution in [0.5, 0.6) is 0 Å². The minimum atomic E-state index is -0.934. The first-order valence-electron chi connectivity index (χ1n) is 8.16. The van der Waals surface area contributed by atoms with Crippen LogP contribution in [0.2, 0.25) is 0 Å². The van der Waals surface area contributed by atoms with E-state index in [0.29, 0.717) is 30.0 Å². The van der Waals surface area contributed by atoms with E-state index in [1.807, 2.05) is 7.05 Å². The molecule has 0 saturated heterocycles. The van der Waals surface area contributed by atoms with E-state index in [1.165, 1.54) is 6.07 Å². The Morgan fingerprint density at radius 3 is 2.62 bits per heavy atom.